The SMILES string of the molecule is Cc1ccc2c(N)c(C(=O)NCCc3ccc(N4CCNC(CO)C4)cc3)sc2n1. The highest BCUT2D eigenvalue weighted by molar-refractivity contribution is 7.21. The number of thiophene rings is 1. The van der Waals surface area contributed by atoms with Gasteiger partial charge in [-0.2, -0.15) is 0 Å². The first-order valence-electron chi connectivity index (χ1n) is 10.2. The normalized spacial score (nSPS) is 16.7. The number of fused-ring (bicyclic) bond motifs is 1. The topological polar surface area (TPSA) is 104 Å². The molecule has 1 saturated heterocycles. The zero-order valence-electron chi connectivity index (χ0n) is 17.0. The molecular weight excluding hydrogens is 398 g/mol. The van der Waals surface area contributed by atoms with E-state index in [0.717, 1.165) is 53.2 Å². The highest BCUT2D eigenvalue weighted by Crippen LogP contribution is 2.32. The molecule has 0 aliphatic carbocycles. The average Bonchev–Trinajstić information content (AvgIpc) is 3.10. The number of hydrogen-bond donors (Lipinski definition) is 4. The number of nitrogen functional groups attached to an aromatic ring is 1. The van der Waals surface area contributed by atoms with Crippen LogP contribution in [0.15, 0.2) is 36.4 Å². The maximum Gasteiger partial charge on any atom is 0.263 e. The molecule has 1 unspecified atom stereocenters. The first-order valence-corrected chi connectivity index (χ1v) is 11.0. The lowest BCUT2D eigenvalue weighted by Gasteiger charge is -2.34. The maximum absolute atomic E-state index is 12.6. The van der Waals surface area contributed by atoms with Gasteiger partial charge in [0.2, 0.25) is 0 Å². The molecule has 7 nitrogen and oxygen atoms in total. The van der Waals surface area contributed by atoms with Crippen molar-refractivity contribution in [2.24, 2.45) is 0 Å². The largest absolute Gasteiger partial charge is 0.397 e. The molecule has 1 aliphatic heterocycles. The van der Waals surface area contributed by atoms with Crippen molar-refractivity contribution >= 4 is 38.8 Å². The highest BCUT2D eigenvalue weighted by atomic mass is 32.1. The summed E-state index contributed by atoms with van der Waals surface area (Å²) in [5.41, 5.74) is 9.89. The van der Waals surface area contributed by atoms with Gasteiger partial charge in [0.05, 0.1) is 12.3 Å². The molecule has 30 heavy (non-hydrogen) atoms. The van der Waals surface area contributed by atoms with Gasteiger partial charge in [0, 0.05) is 49.0 Å². The molecular formula is C22H27N5O2S. The minimum absolute atomic E-state index is 0.120. The van der Waals surface area contributed by atoms with Gasteiger partial charge in [-0.05, 0) is 43.2 Å². The number of aromatic nitrogens is 1. The summed E-state index contributed by atoms with van der Waals surface area (Å²) in [5.74, 6) is -0.152. The third-order valence-corrected chi connectivity index (χ3v) is 6.53. The van der Waals surface area contributed by atoms with Gasteiger partial charge in [-0.15, -0.1) is 11.3 Å². The Hall–Kier alpha value is -2.68. The number of aryl methyl sites for hydroxylation is 1. The number of carbonyl (C=O) groups excluding carboxylic acids is 1. The second kappa shape index (κ2) is 8.99. The maximum atomic E-state index is 12.6. The van der Waals surface area contributed by atoms with E-state index >= 15 is 0 Å². The second-order valence-electron chi connectivity index (χ2n) is 7.60. The number of piperazine rings is 1. The zero-order valence-corrected chi connectivity index (χ0v) is 17.8. The van der Waals surface area contributed by atoms with E-state index in [4.69, 9.17) is 5.73 Å². The molecule has 1 aromatic carbocycles. The van der Waals surface area contributed by atoms with Crippen LogP contribution >= 0.6 is 11.3 Å². The van der Waals surface area contributed by atoms with Gasteiger partial charge in [0.15, 0.2) is 0 Å². The van der Waals surface area contributed by atoms with E-state index in [1.807, 2.05) is 19.1 Å². The van der Waals surface area contributed by atoms with Crippen molar-refractivity contribution in [1.82, 2.24) is 15.6 Å². The van der Waals surface area contributed by atoms with Crippen molar-refractivity contribution in [2.75, 3.05) is 43.4 Å². The lowest BCUT2D eigenvalue weighted by molar-refractivity contribution is 0.0959. The standard InChI is InChI=1S/C22H27N5O2S/c1-14-2-7-18-19(23)20(30-22(18)26-14)21(29)25-9-8-15-3-5-17(6-4-15)27-11-10-24-16(12-27)13-28/h2-7,16,24,28H,8-13,23H2,1H3,(H,25,29). The Balaban J connectivity index is 1.33. The molecule has 0 spiro atoms. The molecule has 1 amide bonds. The van der Waals surface area contributed by atoms with Crippen LogP contribution in [0.3, 0.4) is 0 Å². The summed E-state index contributed by atoms with van der Waals surface area (Å²) in [7, 11) is 0. The fourth-order valence-electron chi connectivity index (χ4n) is 3.71. The van der Waals surface area contributed by atoms with E-state index in [9.17, 15) is 9.90 Å². The van der Waals surface area contributed by atoms with Crippen LogP contribution in [0.4, 0.5) is 11.4 Å². The summed E-state index contributed by atoms with van der Waals surface area (Å²) in [5, 5.41) is 16.5. The number of aliphatic hydroxyl groups is 1. The summed E-state index contributed by atoms with van der Waals surface area (Å²) in [4.78, 5) is 20.6. The number of pyridine rings is 1. The molecule has 0 bridgehead atoms. The van der Waals surface area contributed by atoms with E-state index in [2.05, 4.69) is 44.8 Å². The third-order valence-electron chi connectivity index (χ3n) is 5.42. The van der Waals surface area contributed by atoms with Gasteiger partial charge in [-0.3, -0.25) is 4.79 Å². The fraction of sp³-hybridized carbons (Fsp3) is 0.364. The average molecular weight is 426 g/mol. The van der Waals surface area contributed by atoms with E-state index in [1.165, 1.54) is 11.3 Å². The molecule has 3 aromatic rings. The number of amides is 1. The van der Waals surface area contributed by atoms with Gasteiger partial charge in [0.1, 0.15) is 9.71 Å². The van der Waals surface area contributed by atoms with Crippen molar-refractivity contribution in [2.45, 2.75) is 19.4 Å². The van der Waals surface area contributed by atoms with E-state index in [1.54, 1.807) is 0 Å². The molecule has 4 rings (SSSR count). The molecule has 0 saturated carbocycles. The summed E-state index contributed by atoms with van der Waals surface area (Å²) in [6, 6.07) is 12.3. The number of carbonyl (C=O) groups is 1. The first-order chi connectivity index (χ1) is 14.5. The van der Waals surface area contributed by atoms with Crippen LogP contribution < -0.4 is 21.3 Å². The van der Waals surface area contributed by atoms with Gasteiger partial charge >= 0.3 is 0 Å². The highest BCUT2D eigenvalue weighted by Gasteiger charge is 2.19. The van der Waals surface area contributed by atoms with Crippen LogP contribution in [-0.4, -0.2) is 54.8 Å². The first kappa shape index (κ1) is 20.6. The summed E-state index contributed by atoms with van der Waals surface area (Å²) < 4.78 is 0. The van der Waals surface area contributed by atoms with Gasteiger partial charge in [-0.1, -0.05) is 12.1 Å². The quantitative estimate of drug-likeness (QED) is 0.481. The Morgan fingerprint density at radius 1 is 1.33 bits per heavy atom. The van der Waals surface area contributed by atoms with Crippen LogP contribution in [0, 0.1) is 6.92 Å². The van der Waals surface area contributed by atoms with Crippen LogP contribution in [0.1, 0.15) is 20.9 Å². The lowest BCUT2D eigenvalue weighted by Crippen LogP contribution is -2.52. The Labute approximate surface area is 179 Å². The number of nitrogens with two attached hydrogens (primary N) is 1. The number of hydrogen-bond acceptors (Lipinski definition) is 7. The zero-order chi connectivity index (χ0) is 21.1. The van der Waals surface area contributed by atoms with Crippen molar-refractivity contribution in [3.8, 4) is 0 Å². The number of aliphatic hydroxyl groups excluding tert-OH is 1. The number of nitrogens with one attached hydrogen (secondary N) is 2. The summed E-state index contributed by atoms with van der Waals surface area (Å²) in [6.45, 7) is 5.21. The number of rotatable bonds is 6. The molecule has 2 aromatic heterocycles. The van der Waals surface area contributed by atoms with Crippen molar-refractivity contribution < 1.29 is 9.90 Å². The Morgan fingerprint density at radius 2 is 2.13 bits per heavy atom. The molecule has 1 atom stereocenters. The van der Waals surface area contributed by atoms with E-state index in [-0.39, 0.29) is 18.6 Å². The monoisotopic (exact) mass is 425 g/mol. The summed E-state index contributed by atoms with van der Waals surface area (Å²) >= 11 is 1.34. The molecule has 0 radical (unpaired) electrons. The molecule has 8 heteroatoms. The van der Waals surface area contributed by atoms with Crippen LogP contribution in [0.2, 0.25) is 0 Å². The van der Waals surface area contributed by atoms with Crippen LogP contribution in [0.25, 0.3) is 10.2 Å². The molecule has 5 N–H and O–H groups in total. The third kappa shape index (κ3) is 4.40. The van der Waals surface area contributed by atoms with E-state index < -0.39 is 0 Å². The fourth-order valence-corrected chi connectivity index (χ4v) is 4.77. The van der Waals surface area contributed by atoms with Crippen LogP contribution in [-0.2, 0) is 6.42 Å². The number of anilines is 2. The Kier molecular flexibility index (Phi) is 6.17. The van der Waals surface area contributed by atoms with Crippen molar-refractivity contribution in [1.29, 1.82) is 0 Å². The Bertz CT molecular complexity index is 1030. The van der Waals surface area contributed by atoms with E-state index in [0.29, 0.717) is 17.1 Å². The lowest BCUT2D eigenvalue weighted by atomic mass is 10.1. The predicted molar refractivity (Wildman–Crippen MR) is 122 cm³/mol. The van der Waals surface area contributed by atoms with Gasteiger partial charge in [0.25, 0.3) is 5.91 Å². The minimum atomic E-state index is -0.152. The molecule has 3 heterocycles. The number of nitrogens with zero attached hydrogens (tertiary/aromatic N) is 2. The summed E-state index contributed by atoms with van der Waals surface area (Å²) in [6.07, 6.45) is 0.745. The smallest absolute Gasteiger partial charge is 0.263 e. The molecule has 1 aliphatic rings. The Morgan fingerprint density at radius 3 is 2.90 bits per heavy atom. The predicted octanol–water partition coefficient (Wildman–Crippen LogP) is 1.93. The second-order valence-corrected chi connectivity index (χ2v) is 8.60. The van der Waals surface area contributed by atoms with Gasteiger partial charge < -0.3 is 26.4 Å². The van der Waals surface area contributed by atoms with Crippen molar-refractivity contribution in [3.05, 3.63) is 52.5 Å². The number of benzene rings is 1. The van der Waals surface area contributed by atoms with Crippen molar-refractivity contribution in [3.63, 3.8) is 0 Å². The minimum Gasteiger partial charge on any atom is -0.397 e. The molecule has 158 valence electrons. The van der Waals surface area contributed by atoms with Crippen LogP contribution in [0.5, 0.6) is 0 Å². The molecule has 1 fully saturated rings. The van der Waals surface area contributed by atoms with Gasteiger partial charge in [-0.25, -0.2) is 4.98 Å².